The van der Waals surface area contributed by atoms with Crippen LogP contribution in [0.1, 0.15) is 26.3 Å². The van der Waals surface area contributed by atoms with Gasteiger partial charge in [0.25, 0.3) is 0 Å². The molecule has 7 nitrogen and oxygen atoms in total. The number of alkyl carbamates (subject to hydrolysis) is 1. The molecule has 3 rings (SSSR count). The van der Waals surface area contributed by atoms with Crippen LogP contribution in [-0.2, 0) is 16.0 Å². The van der Waals surface area contributed by atoms with Gasteiger partial charge in [0, 0.05) is 29.7 Å². The molecule has 2 heterocycles. The second kappa shape index (κ2) is 8.12. The topological polar surface area (TPSA) is 96.1 Å². The number of carbonyl (C=O) groups excluding carboxylic acids is 2. The largest absolute Gasteiger partial charge is 0.444 e. The van der Waals surface area contributed by atoms with Crippen molar-refractivity contribution < 1.29 is 14.3 Å². The molecule has 0 aliphatic carbocycles. The number of rotatable bonds is 5. The van der Waals surface area contributed by atoms with Crippen LogP contribution in [0.25, 0.3) is 10.9 Å². The van der Waals surface area contributed by atoms with Gasteiger partial charge in [-0.2, -0.15) is 0 Å². The molecule has 7 heteroatoms. The first-order chi connectivity index (χ1) is 13.3. The SMILES string of the molecule is CC(C)(C)OC(=O)N[C@H](Cc1c[nH]c2ccccc12)C(=O)Nc1cccnc1. The smallest absolute Gasteiger partial charge is 0.408 e. The van der Waals surface area contributed by atoms with Crippen molar-refractivity contribution in [1.29, 1.82) is 0 Å². The number of aromatic amines is 1. The van der Waals surface area contributed by atoms with Gasteiger partial charge in [-0.25, -0.2) is 4.79 Å². The Kier molecular flexibility index (Phi) is 5.63. The van der Waals surface area contributed by atoms with Crippen LogP contribution >= 0.6 is 0 Å². The molecule has 1 atom stereocenters. The summed E-state index contributed by atoms with van der Waals surface area (Å²) in [6.45, 7) is 5.32. The lowest BCUT2D eigenvalue weighted by molar-refractivity contribution is -0.118. The fourth-order valence-corrected chi connectivity index (χ4v) is 2.85. The predicted octanol–water partition coefficient (Wildman–Crippen LogP) is 3.64. The lowest BCUT2D eigenvalue weighted by Crippen LogP contribution is -2.47. The molecule has 2 aromatic heterocycles. The summed E-state index contributed by atoms with van der Waals surface area (Å²) >= 11 is 0. The average molecular weight is 380 g/mol. The van der Waals surface area contributed by atoms with Crippen LogP contribution in [0.4, 0.5) is 10.5 Å². The first-order valence-electron chi connectivity index (χ1n) is 9.07. The van der Waals surface area contributed by atoms with Crippen molar-refractivity contribution in [1.82, 2.24) is 15.3 Å². The van der Waals surface area contributed by atoms with Gasteiger partial charge in [0.1, 0.15) is 11.6 Å². The molecule has 0 fully saturated rings. The van der Waals surface area contributed by atoms with E-state index in [1.807, 2.05) is 30.5 Å². The molecule has 28 heavy (non-hydrogen) atoms. The number of pyridine rings is 1. The molecule has 0 bridgehead atoms. The monoisotopic (exact) mass is 380 g/mol. The number of hydrogen-bond donors (Lipinski definition) is 3. The highest BCUT2D eigenvalue weighted by Gasteiger charge is 2.25. The highest BCUT2D eigenvalue weighted by Crippen LogP contribution is 2.20. The summed E-state index contributed by atoms with van der Waals surface area (Å²) in [7, 11) is 0. The maximum absolute atomic E-state index is 12.9. The van der Waals surface area contributed by atoms with E-state index in [4.69, 9.17) is 4.74 Å². The third-order valence-electron chi connectivity index (χ3n) is 4.04. The molecule has 2 amide bonds. The van der Waals surface area contributed by atoms with E-state index in [-0.39, 0.29) is 5.91 Å². The normalized spacial score (nSPS) is 12.4. The number of nitrogens with one attached hydrogen (secondary N) is 3. The van der Waals surface area contributed by atoms with Gasteiger partial charge < -0.3 is 20.4 Å². The van der Waals surface area contributed by atoms with Gasteiger partial charge in [0.05, 0.1) is 11.9 Å². The number of carbonyl (C=O) groups is 2. The molecule has 0 saturated carbocycles. The molecule has 146 valence electrons. The lowest BCUT2D eigenvalue weighted by Gasteiger charge is -2.23. The highest BCUT2D eigenvalue weighted by molar-refractivity contribution is 5.97. The summed E-state index contributed by atoms with van der Waals surface area (Å²) in [5, 5.41) is 6.48. The van der Waals surface area contributed by atoms with Crippen LogP contribution in [0.3, 0.4) is 0 Å². The quantitative estimate of drug-likeness (QED) is 0.630. The number of fused-ring (bicyclic) bond motifs is 1. The minimum Gasteiger partial charge on any atom is -0.444 e. The predicted molar refractivity (Wildman–Crippen MR) is 108 cm³/mol. The number of para-hydroxylation sites is 1. The Labute approximate surface area is 163 Å². The summed E-state index contributed by atoms with van der Waals surface area (Å²) in [6, 6.07) is 10.5. The van der Waals surface area contributed by atoms with E-state index in [0.717, 1.165) is 16.5 Å². The molecule has 0 radical (unpaired) electrons. The van der Waals surface area contributed by atoms with Crippen LogP contribution < -0.4 is 10.6 Å². The number of H-pyrrole nitrogens is 1. The second-order valence-electron chi connectivity index (χ2n) is 7.49. The van der Waals surface area contributed by atoms with Gasteiger partial charge in [-0.3, -0.25) is 9.78 Å². The van der Waals surface area contributed by atoms with Gasteiger partial charge in [0.2, 0.25) is 5.91 Å². The number of nitrogens with zero attached hydrogens (tertiary/aromatic N) is 1. The van der Waals surface area contributed by atoms with Crippen LogP contribution in [0.15, 0.2) is 55.0 Å². The summed E-state index contributed by atoms with van der Waals surface area (Å²) in [5.41, 5.74) is 1.80. The molecule has 3 N–H and O–H groups in total. The van der Waals surface area contributed by atoms with Crippen molar-refractivity contribution in [3.63, 3.8) is 0 Å². The maximum Gasteiger partial charge on any atom is 0.408 e. The molecule has 3 aromatic rings. The Morgan fingerprint density at radius 3 is 2.68 bits per heavy atom. The summed E-state index contributed by atoms with van der Waals surface area (Å²) < 4.78 is 5.33. The molecular formula is C21H24N4O3. The summed E-state index contributed by atoms with van der Waals surface area (Å²) in [6.07, 6.45) is 4.70. The van der Waals surface area contributed by atoms with E-state index in [0.29, 0.717) is 12.1 Å². The zero-order valence-corrected chi connectivity index (χ0v) is 16.2. The van der Waals surface area contributed by atoms with Crippen LogP contribution in [0.2, 0.25) is 0 Å². The Morgan fingerprint density at radius 2 is 1.96 bits per heavy atom. The van der Waals surface area contributed by atoms with E-state index >= 15 is 0 Å². The van der Waals surface area contributed by atoms with Gasteiger partial charge in [-0.05, 0) is 44.5 Å². The Balaban J connectivity index is 1.81. The minimum atomic E-state index is -0.811. The van der Waals surface area contributed by atoms with Crippen molar-refractivity contribution in [3.05, 3.63) is 60.6 Å². The standard InChI is InChI=1S/C21H24N4O3/c1-21(2,3)28-20(27)25-18(19(26)24-15-7-6-10-22-13-15)11-14-12-23-17-9-5-4-8-16(14)17/h4-10,12-13,18,23H,11H2,1-3H3,(H,24,26)(H,25,27)/t18-/m1/s1. The number of hydrogen-bond acceptors (Lipinski definition) is 4. The number of benzene rings is 1. The lowest BCUT2D eigenvalue weighted by atomic mass is 10.0. The molecule has 0 saturated heterocycles. The van der Waals surface area contributed by atoms with E-state index in [2.05, 4.69) is 20.6 Å². The van der Waals surface area contributed by atoms with Crippen LogP contribution in [0.5, 0.6) is 0 Å². The molecule has 0 unspecified atom stereocenters. The van der Waals surface area contributed by atoms with Gasteiger partial charge in [-0.1, -0.05) is 18.2 Å². The number of ether oxygens (including phenoxy) is 1. The average Bonchev–Trinajstić information content (AvgIpc) is 3.03. The Hall–Kier alpha value is -3.35. The van der Waals surface area contributed by atoms with Gasteiger partial charge in [0.15, 0.2) is 0 Å². The van der Waals surface area contributed by atoms with Crippen molar-refractivity contribution >= 4 is 28.6 Å². The van der Waals surface area contributed by atoms with Crippen molar-refractivity contribution in [2.45, 2.75) is 38.8 Å². The second-order valence-corrected chi connectivity index (χ2v) is 7.49. The Bertz CT molecular complexity index is 960. The number of amides is 2. The summed E-state index contributed by atoms with van der Waals surface area (Å²) in [5.74, 6) is -0.343. The van der Waals surface area contributed by atoms with Crippen LogP contribution in [0, 0.1) is 0 Å². The zero-order valence-electron chi connectivity index (χ0n) is 16.2. The van der Waals surface area contributed by atoms with Crippen molar-refractivity contribution in [2.75, 3.05) is 5.32 Å². The minimum absolute atomic E-state index is 0.315. The Morgan fingerprint density at radius 1 is 1.18 bits per heavy atom. The first-order valence-corrected chi connectivity index (χ1v) is 9.07. The fraction of sp³-hybridized carbons (Fsp3) is 0.286. The fourth-order valence-electron chi connectivity index (χ4n) is 2.85. The zero-order chi connectivity index (χ0) is 20.1. The third kappa shape index (κ3) is 5.09. The first kappa shape index (κ1) is 19.4. The summed E-state index contributed by atoms with van der Waals surface area (Å²) in [4.78, 5) is 32.3. The number of aromatic nitrogens is 2. The van der Waals surface area contributed by atoms with E-state index in [1.165, 1.54) is 0 Å². The van der Waals surface area contributed by atoms with Crippen molar-refractivity contribution in [3.8, 4) is 0 Å². The number of anilines is 1. The molecule has 1 aromatic carbocycles. The van der Waals surface area contributed by atoms with E-state index in [9.17, 15) is 9.59 Å². The maximum atomic E-state index is 12.9. The van der Waals surface area contributed by atoms with Crippen LogP contribution in [-0.4, -0.2) is 33.6 Å². The third-order valence-corrected chi connectivity index (χ3v) is 4.04. The van der Waals surface area contributed by atoms with Gasteiger partial charge in [-0.15, -0.1) is 0 Å². The van der Waals surface area contributed by atoms with Crippen molar-refractivity contribution in [2.24, 2.45) is 0 Å². The highest BCUT2D eigenvalue weighted by atomic mass is 16.6. The van der Waals surface area contributed by atoms with E-state index in [1.54, 1.807) is 45.3 Å². The molecular weight excluding hydrogens is 356 g/mol. The van der Waals surface area contributed by atoms with Gasteiger partial charge >= 0.3 is 6.09 Å². The van der Waals surface area contributed by atoms with E-state index < -0.39 is 17.7 Å². The molecule has 0 spiro atoms. The molecule has 0 aliphatic rings. The molecule has 0 aliphatic heterocycles.